The van der Waals surface area contributed by atoms with Crippen LogP contribution in [0, 0.1) is 0 Å². The lowest BCUT2D eigenvalue weighted by Gasteiger charge is -2.11. The lowest BCUT2D eigenvalue weighted by molar-refractivity contribution is 0.0478. The van der Waals surface area contributed by atoms with E-state index in [0.29, 0.717) is 12.0 Å². The zero-order valence-corrected chi connectivity index (χ0v) is 11.0. The fourth-order valence-electron chi connectivity index (χ4n) is 1.72. The van der Waals surface area contributed by atoms with Gasteiger partial charge in [0, 0.05) is 0 Å². The Labute approximate surface area is 107 Å². The summed E-state index contributed by atoms with van der Waals surface area (Å²) < 4.78 is 9.94. The minimum atomic E-state index is -0.490. The molecule has 0 aromatic heterocycles. The van der Waals surface area contributed by atoms with Gasteiger partial charge in [0.1, 0.15) is 0 Å². The van der Waals surface area contributed by atoms with Gasteiger partial charge in [-0.3, -0.25) is 0 Å². The number of carbonyl (C=O) groups is 2. The molecule has 98 valence electrons. The number of hydrogen-bond acceptors (Lipinski definition) is 4. The molecule has 0 aliphatic heterocycles. The molecule has 0 radical (unpaired) electrons. The molecule has 0 bridgehead atoms. The van der Waals surface area contributed by atoms with Crippen molar-refractivity contribution in [2.24, 2.45) is 0 Å². The fourth-order valence-corrected chi connectivity index (χ4v) is 1.72. The number of esters is 2. The normalized spacial score (nSPS) is 9.94. The van der Waals surface area contributed by atoms with Crippen LogP contribution in [0.4, 0.5) is 0 Å². The molecule has 4 nitrogen and oxygen atoms in total. The second-order valence-corrected chi connectivity index (χ2v) is 3.63. The second kappa shape index (κ2) is 6.79. The van der Waals surface area contributed by atoms with Gasteiger partial charge in [0.15, 0.2) is 0 Å². The Bertz CT molecular complexity index is 437. The van der Waals surface area contributed by atoms with E-state index in [4.69, 9.17) is 9.47 Å². The van der Waals surface area contributed by atoms with Crippen molar-refractivity contribution in [3.63, 3.8) is 0 Å². The Morgan fingerprint density at radius 2 is 1.61 bits per heavy atom. The average molecular weight is 250 g/mol. The summed E-state index contributed by atoms with van der Waals surface area (Å²) in [7, 11) is 0. The van der Waals surface area contributed by atoms with Gasteiger partial charge in [0.25, 0.3) is 0 Å². The number of aryl methyl sites for hydroxylation is 1. The number of benzene rings is 1. The van der Waals surface area contributed by atoms with Gasteiger partial charge in [0.05, 0.1) is 24.3 Å². The van der Waals surface area contributed by atoms with Crippen molar-refractivity contribution in [3.8, 4) is 0 Å². The van der Waals surface area contributed by atoms with Crippen molar-refractivity contribution in [3.05, 3.63) is 34.9 Å². The molecule has 0 saturated heterocycles. The highest BCUT2D eigenvalue weighted by Gasteiger charge is 2.21. The van der Waals surface area contributed by atoms with Crippen LogP contribution in [0.25, 0.3) is 0 Å². The van der Waals surface area contributed by atoms with Crippen molar-refractivity contribution in [1.82, 2.24) is 0 Å². The summed E-state index contributed by atoms with van der Waals surface area (Å²) in [6.45, 7) is 5.94. The van der Waals surface area contributed by atoms with Gasteiger partial charge in [-0.1, -0.05) is 19.1 Å². The first-order chi connectivity index (χ1) is 8.65. The van der Waals surface area contributed by atoms with E-state index in [1.165, 1.54) is 0 Å². The van der Waals surface area contributed by atoms with E-state index in [1.807, 2.05) is 13.0 Å². The number of rotatable bonds is 5. The van der Waals surface area contributed by atoms with E-state index in [-0.39, 0.29) is 18.8 Å². The molecule has 0 N–H and O–H groups in total. The molecule has 0 saturated carbocycles. The van der Waals surface area contributed by atoms with Gasteiger partial charge in [-0.15, -0.1) is 0 Å². The third-order valence-electron chi connectivity index (χ3n) is 2.51. The minimum absolute atomic E-state index is 0.273. The third kappa shape index (κ3) is 3.09. The van der Waals surface area contributed by atoms with Crippen molar-refractivity contribution in [2.45, 2.75) is 27.2 Å². The Kier molecular flexibility index (Phi) is 5.36. The van der Waals surface area contributed by atoms with Crippen molar-refractivity contribution >= 4 is 11.9 Å². The third-order valence-corrected chi connectivity index (χ3v) is 2.51. The summed E-state index contributed by atoms with van der Waals surface area (Å²) >= 11 is 0. The molecule has 0 atom stereocenters. The predicted molar refractivity (Wildman–Crippen MR) is 67.7 cm³/mol. The number of carbonyl (C=O) groups excluding carboxylic acids is 2. The van der Waals surface area contributed by atoms with Gasteiger partial charge in [-0.2, -0.15) is 0 Å². The van der Waals surface area contributed by atoms with Gasteiger partial charge in [-0.05, 0) is 31.9 Å². The minimum Gasteiger partial charge on any atom is -0.462 e. The molecular weight excluding hydrogens is 232 g/mol. The Balaban J connectivity index is 3.24. The van der Waals surface area contributed by atoms with Crippen LogP contribution in [-0.4, -0.2) is 25.2 Å². The first-order valence-corrected chi connectivity index (χ1v) is 6.11. The highest BCUT2D eigenvalue weighted by atomic mass is 16.5. The standard InChI is InChI=1S/C14H18O4/c1-4-10-8-7-9-11(13(15)17-5-2)12(10)14(16)18-6-3/h7-9H,4-6H2,1-3H3. The maximum absolute atomic E-state index is 11.9. The highest BCUT2D eigenvalue weighted by molar-refractivity contribution is 6.04. The van der Waals surface area contributed by atoms with Crippen LogP contribution >= 0.6 is 0 Å². The molecule has 0 aliphatic rings. The topological polar surface area (TPSA) is 52.6 Å². The lowest BCUT2D eigenvalue weighted by Crippen LogP contribution is -2.16. The van der Waals surface area contributed by atoms with E-state index in [9.17, 15) is 9.59 Å². The molecule has 4 heteroatoms. The van der Waals surface area contributed by atoms with E-state index < -0.39 is 11.9 Å². The maximum Gasteiger partial charge on any atom is 0.339 e. The quantitative estimate of drug-likeness (QED) is 0.754. The van der Waals surface area contributed by atoms with Crippen LogP contribution in [0.5, 0.6) is 0 Å². The molecule has 0 fully saturated rings. The molecule has 0 unspecified atom stereocenters. The molecule has 1 rings (SSSR count). The Morgan fingerprint density at radius 1 is 1.00 bits per heavy atom. The zero-order valence-electron chi connectivity index (χ0n) is 11.0. The lowest BCUT2D eigenvalue weighted by atomic mass is 9.99. The van der Waals surface area contributed by atoms with Crippen LogP contribution in [0.3, 0.4) is 0 Å². The molecule has 1 aromatic rings. The van der Waals surface area contributed by atoms with Crippen LogP contribution in [0.2, 0.25) is 0 Å². The monoisotopic (exact) mass is 250 g/mol. The summed E-state index contributed by atoms with van der Waals surface area (Å²) in [5, 5.41) is 0. The first-order valence-electron chi connectivity index (χ1n) is 6.11. The van der Waals surface area contributed by atoms with Crippen molar-refractivity contribution in [2.75, 3.05) is 13.2 Å². The average Bonchev–Trinajstić information content (AvgIpc) is 2.38. The smallest absolute Gasteiger partial charge is 0.339 e. The van der Waals surface area contributed by atoms with E-state index in [1.54, 1.807) is 26.0 Å². The van der Waals surface area contributed by atoms with E-state index in [2.05, 4.69) is 0 Å². The molecule has 0 spiro atoms. The van der Waals surface area contributed by atoms with E-state index >= 15 is 0 Å². The van der Waals surface area contributed by atoms with Gasteiger partial charge in [-0.25, -0.2) is 9.59 Å². The summed E-state index contributed by atoms with van der Waals surface area (Å²) in [5.41, 5.74) is 1.38. The second-order valence-electron chi connectivity index (χ2n) is 3.63. The molecule has 0 heterocycles. The number of ether oxygens (including phenoxy) is 2. The van der Waals surface area contributed by atoms with Crippen LogP contribution in [0.1, 0.15) is 47.1 Å². The van der Waals surface area contributed by atoms with Gasteiger partial charge < -0.3 is 9.47 Å². The predicted octanol–water partition coefficient (Wildman–Crippen LogP) is 2.60. The highest BCUT2D eigenvalue weighted by Crippen LogP contribution is 2.18. The Hall–Kier alpha value is -1.84. The Morgan fingerprint density at radius 3 is 2.17 bits per heavy atom. The van der Waals surface area contributed by atoms with Crippen LogP contribution in [-0.2, 0) is 15.9 Å². The maximum atomic E-state index is 11.9. The summed E-state index contributed by atoms with van der Waals surface area (Å²) in [6.07, 6.45) is 0.654. The molecule has 1 aromatic carbocycles. The largest absolute Gasteiger partial charge is 0.462 e. The SMILES string of the molecule is CCOC(=O)c1cccc(CC)c1C(=O)OCC. The summed E-state index contributed by atoms with van der Waals surface area (Å²) in [5.74, 6) is -0.964. The zero-order chi connectivity index (χ0) is 13.5. The van der Waals surface area contributed by atoms with E-state index in [0.717, 1.165) is 5.56 Å². The summed E-state index contributed by atoms with van der Waals surface area (Å²) in [6, 6.07) is 5.15. The van der Waals surface area contributed by atoms with Crippen LogP contribution < -0.4 is 0 Å². The van der Waals surface area contributed by atoms with Crippen molar-refractivity contribution in [1.29, 1.82) is 0 Å². The molecular formula is C14H18O4. The molecule has 18 heavy (non-hydrogen) atoms. The summed E-state index contributed by atoms with van der Waals surface area (Å²) in [4.78, 5) is 23.7. The van der Waals surface area contributed by atoms with Crippen molar-refractivity contribution < 1.29 is 19.1 Å². The van der Waals surface area contributed by atoms with Gasteiger partial charge in [0.2, 0.25) is 0 Å². The first kappa shape index (κ1) is 14.2. The van der Waals surface area contributed by atoms with Gasteiger partial charge >= 0.3 is 11.9 Å². The fraction of sp³-hybridized carbons (Fsp3) is 0.429. The molecule has 0 aliphatic carbocycles. The molecule has 0 amide bonds. The van der Waals surface area contributed by atoms with Crippen LogP contribution in [0.15, 0.2) is 18.2 Å². The number of hydrogen-bond donors (Lipinski definition) is 0.